The summed E-state index contributed by atoms with van der Waals surface area (Å²) >= 11 is 0. The maximum Gasteiger partial charge on any atom is 0.142 e. The molecule has 4 aliphatic carbocycles. The third kappa shape index (κ3) is 4.10. The molecular formula is C34H34N2O4. The van der Waals surface area contributed by atoms with Gasteiger partial charge >= 0.3 is 0 Å². The Morgan fingerprint density at radius 3 is 1.82 bits per heavy atom. The Morgan fingerprint density at radius 1 is 0.650 bits per heavy atom. The van der Waals surface area contributed by atoms with E-state index in [0.717, 1.165) is 24.3 Å². The van der Waals surface area contributed by atoms with E-state index in [1.165, 1.54) is 30.4 Å². The summed E-state index contributed by atoms with van der Waals surface area (Å²) in [6.45, 7) is 0. The fourth-order valence-corrected chi connectivity index (χ4v) is 8.20. The second kappa shape index (κ2) is 9.40. The van der Waals surface area contributed by atoms with E-state index in [2.05, 4.69) is 24.3 Å². The summed E-state index contributed by atoms with van der Waals surface area (Å²) in [5.41, 5.74) is 14.6. The molecule has 0 heterocycles. The van der Waals surface area contributed by atoms with E-state index in [1.807, 2.05) is 24.3 Å². The molecule has 0 spiro atoms. The topological polar surface area (TPSA) is 111 Å². The number of ether oxygens (including phenoxy) is 2. The molecule has 0 amide bonds. The zero-order valence-corrected chi connectivity index (χ0v) is 22.3. The molecule has 6 nitrogen and oxygen atoms in total. The number of benzene rings is 4. The van der Waals surface area contributed by atoms with Gasteiger partial charge in [-0.15, -0.1) is 0 Å². The van der Waals surface area contributed by atoms with Crippen LogP contribution in [0.3, 0.4) is 0 Å². The van der Waals surface area contributed by atoms with Crippen LogP contribution in [0, 0.1) is 17.8 Å². The van der Waals surface area contributed by atoms with E-state index < -0.39 is 0 Å². The number of anilines is 2. The molecule has 0 saturated heterocycles. The Bertz CT molecular complexity index is 1570. The Hall–Kier alpha value is -4.32. The van der Waals surface area contributed by atoms with Gasteiger partial charge in [-0.2, -0.15) is 0 Å². The van der Waals surface area contributed by atoms with Crippen LogP contribution in [0.15, 0.2) is 84.9 Å². The number of nitrogens with two attached hydrogens (primary N) is 2. The van der Waals surface area contributed by atoms with Crippen LogP contribution in [0.2, 0.25) is 0 Å². The minimum atomic E-state index is -0.107. The summed E-state index contributed by atoms with van der Waals surface area (Å²) in [6, 6.07) is 26.8. The predicted octanol–water partition coefficient (Wildman–Crippen LogP) is 7.71. The first-order valence-electron chi connectivity index (χ1n) is 14.1. The number of nitrogen functional groups attached to an aromatic ring is 2. The first-order chi connectivity index (χ1) is 19.4. The molecule has 204 valence electrons. The van der Waals surface area contributed by atoms with Crippen LogP contribution >= 0.6 is 0 Å². The lowest BCUT2D eigenvalue weighted by atomic mass is 9.42. The monoisotopic (exact) mass is 534 g/mol. The summed E-state index contributed by atoms with van der Waals surface area (Å²) in [4.78, 5) is 0. The van der Waals surface area contributed by atoms with Crippen LogP contribution in [-0.2, 0) is 5.41 Å². The number of para-hydroxylation sites is 2. The zero-order valence-electron chi connectivity index (χ0n) is 22.3. The van der Waals surface area contributed by atoms with Crippen molar-refractivity contribution in [2.75, 3.05) is 11.5 Å². The summed E-state index contributed by atoms with van der Waals surface area (Å²) in [5, 5.41) is 20.4. The summed E-state index contributed by atoms with van der Waals surface area (Å²) in [6.07, 6.45) is 5.98. The molecule has 3 atom stereocenters. The van der Waals surface area contributed by atoms with Gasteiger partial charge in [0, 0.05) is 29.0 Å². The zero-order chi connectivity index (χ0) is 27.4. The van der Waals surface area contributed by atoms with Gasteiger partial charge in [0.15, 0.2) is 0 Å². The minimum Gasteiger partial charge on any atom is -0.506 e. The fraction of sp³-hybridized carbons (Fsp3) is 0.294. The highest BCUT2D eigenvalue weighted by atomic mass is 16.5. The summed E-state index contributed by atoms with van der Waals surface area (Å²) in [7, 11) is 0. The molecule has 4 aromatic carbocycles. The highest BCUT2D eigenvalue weighted by Crippen LogP contribution is 2.68. The molecular weight excluding hydrogens is 500 g/mol. The van der Waals surface area contributed by atoms with Crippen molar-refractivity contribution >= 4 is 11.4 Å². The van der Waals surface area contributed by atoms with Gasteiger partial charge in [0.1, 0.15) is 34.5 Å². The Morgan fingerprint density at radius 2 is 1.20 bits per heavy atom. The van der Waals surface area contributed by atoms with E-state index >= 15 is 0 Å². The van der Waals surface area contributed by atoms with Gasteiger partial charge in [-0.25, -0.2) is 0 Å². The van der Waals surface area contributed by atoms with Crippen molar-refractivity contribution in [1.82, 2.24) is 0 Å². The third-order valence-electron chi connectivity index (χ3n) is 9.45. The largest absolute Gasteiger partial charge is 0.506 e. The predicted molar refractivity (Wildman–Crippen MR) is 156 cm³/mol. The van der Waals surface area contributed by atoms with Gasteiger partial charge in [0.25, 0.3) is 0 Å². The Labute approximate surface area is 234 Å². The molecule has 3 unspecified atom stereocenters. The molecule has 6 N–H and O–H groups in total. The molecule has 4 aromatic rings. The van der Waals surface area contributed by atoms with Crippen molar-refractivity contribution in [3.63, 3.8) is 0 Å². The van der Waals surface area contributed by atoms with Gasteiger partial charge < -0.3 is 31.2 Å². The third-order valence-corrected chi connectivity index (χ3v) is 9.45. The van der Waals surface area contributed by atoms with Crippen LogP contribution in [0.4, 0.5) is 11.4 Å². The van der Waals surface area contributed by atoms with Crippen molar-refractivity contribution < 1.29 is 19.7 Å². The molecule has 0 aromatic heterocycles. The molecule has 4 bridgehead atoms. The fourth-order valence-electron chi connectivity index (χ4n) is 8.20. The molecule has 40 heavy (non-hydrogen) atoms. The lowest BCUT2D eigenvalue weighted by Gasteiger charge is -2.62. The van der Waals surface area contributed by atoms with Gasteiger partial charge in [0.05, 0.1) is 11.4 Å². The van der Waals surface area contributed by atoms with E-state index in [9.17, 15) is 10.2 Å². The SMILES string of the molecule is Nc1ccc(Oc2ccccc2C2C3CC4CC(C3)CC2(c2ccccc2Oc2ccc(N)c(O)c2)C4)cc1O. The number of rotatable bonds is 6. The van der Waals surface area contributed by atoms with Crippen LogP contribution < -0.4 is 20.9 Å². The summed E-state index contributed by atoms with van der Waals surface area (Å²) in [5.74, 6) is 4.98. The molecule has 8 rings (SSSR count). The van der Waals surface area contributed by atoms with Crippen molar-refractivity contribution in [2.24, 2.45) is 17.8 Å². The van der Waals surface area contributed by atoms with Gasteiger partial charge in [0.2, 0.25) is 0 Å². The number of hydrogen-bond donors (Lipinski definition) is 4. The van der Waals surface area contributed by atoms with Crippen molar-refractivity contribution in [1.29, 1.82) is 0 Å². The first kappa shape index (κ1) is 24.7. The molecule has 0 aliphatic heterocycles. The second-order valence-corrected chi connectivity index (χ2v) is 11.9. The standard InChI is InChI=1S/C34H34N2O4/c35-27-11-9-23(16-29(27)37)39-31-7-3-1-5-25(31)33-22-14-20-13-21(15-22)19-34(33,18-20)26-6-2-4-8-32(26)40-24-10-12-28(36)30(38)17-24/h1-12,16-17,20-22,33,37-38H,13-15,18-19,35-36H2. The van der Waals surface area contributed by atoms with Gasteiger partial charge in [-0.3, -0.25) is 0 Å². The van der Waals surface area contributed by atoms with E-state index in [1.54, 1.807) is 36.4 Å². The number of phenolic OH excluding ortho intramolecular Hbond substituents is 2. The number of hydrogen-bond acceptors (Lipinski definition) is 6. The average molecular weight is 535 g/mol. The molecule has 0 radical (unpaired) electrons. The molecule has 4 saturated carbocycles. The van der Waals surface area contributed by atoms with Crippen molar-refractivity contribution in [3.8, 4) is 34.5 Å². The quantitative estimate of drug-likeness (QED) is 0.149. The Kier molecular flexibility index (Phi) is 5.81. The van der Waals surface area contributed by atoms with Crippen LogP contribution in [0.1, 0.15) is 49.1 Å². The van der Waals surface area contributed by atoms with Crippen LogP contribution in [0.5, 0.6) is 34.5 Å². The highest BCUT2D eigenvalue weighted by Gasteiger charge is 2.59. The minimum absolute atomic E-state index is 0.0147. The summed E-state index contributed by atoms with van der Waals surface area (Å²) < 4.78 is 12.9. The lowest BCUT2D eigenvalue weighted by Crippen LogP contribution is -2.54. The van der Waals surface area contributed by atoms with E-state index in [-0.39, 0.29) is 22.8 Å². The smallest absolute Gasteiger partial charge is 0.142 e. The number of phenols is 2. The number of aromatic hydroxyl groups is 2. The van der Waals surface area contributed by atoms with E-state index in [4.69, 9.17) is 20.9 Å². The van der Waals surface area contributed by atoms with Crippen LogP contribution in [0.25, 0.3) is 0 Å². The normalized spacial score (nSPS) is 26.5. The van der Waals surface area contributed by atoms with Crippen LogP contribution in [-0.4, -0.2) is 10.2 Å². The lowest BCUT2D eigenvalue weighted by molar-refractivity contribution is -0.0293. The van der Waals surface area contributed by atoms with Gasteiger partial charge in [-0.1, -0.05) is 36.4 Å². The Balaban J connectivity index is 1.33. The molecule has 4 aliphatic rings. The second-order valence-electron chi connectivity index (χ2n) is 11.9. The molecule has 4 fully saturated rings. The van der Waals surface area contributed by atoms with E-state index in [0.29, 0.717) is 40.6 Å². The first-order valence-corrected chi connectivity index (χ1v) is 14.1. The van der Waals surface area contributed by atoms with Crippen molar-refractivity contribution in [3.05, 3.63) is 96.1 Å². The van der Waals surface area contributed by atoms with Crippen molar-refractivity contribution in [2.45, 2.75) is 43.4 Å². The average Bonchev–Trinajstić information content (AvgIpc) is 2.93. The maximum atomic E-state index is 10.2. The maximum absolute atomic E-state index is 10.2. The molecule has 6 heteroatoms. The van der Waals surface area contributed by atoms with Gasteiger partial charge in [-0.05, 0) is 91.8 Å². The highest BCUT2D eigenvalue weighted by molar-refractivity contribution is 5.57.